The van der Waals surface area contributed by atoms with Crippen LogP contribution in [0.5, 0.6) is 0 Å². The van der Waals surface area contributed by atoms with Crippen molar-refractivity contribution in [2.24, 2.45) is 5.92 Å². The molecule has 0 bridgehead atoms. The molecule has 0 amide bonds. The average Bonchev–Trinajstić information content (AvgIpc) is 2.27. The maximum atomic E-state index is 10.0. The van der Waals surface area contributed by atoms with Gasteiger partial charge < -0.3 is 5.11 Å². The monoisotopic (exact) mass is 255 g/mol. The molecule has 1 rings (SSSR count). The summed E-state index contributed by atoms with van der Waals surface area (Å²) < 4.78 is 0. The molecule has 3 unspecified atom stereocenters. The molecule has 1 saturated carbocycles. The van der Waals surface area contributed by atoms with E-state index in [2.05, 4.69) is 39.5 Å². The van der Waals surface area contributed by atoms with Crippen molar-refractivity contribution >= 4 is 0 Å². The van der Waals surface area contributed by atoms with Gasteiger partial charge in [0.05, 0.1) is 6.10 Å². The first-order valence-electron chi connectivity index (χ1n) is 7.85. The van der Waals surface area contributed by atoms with E-state index in [1.165, 1.54) is 25.7 Å². The standard InChI is InChI=1S/C16H33NO/c1-6-8-13-9-10-14(18)12-15(13)17(11-7-2)16(3,4)5/h13-15,18H,6-12H2,1-5H3. The Morgan fingerprint density at radius 3 is 2.28 bits per heavy atom. The van der Waals surface area contributed by atoms with E-state index in [9.17, 15) is 5.11 Å². The molecular formula is C16H33NO. The van der Waals surface area contributed by atoms with Crippen LogP contribution in [0, 0.1) is 5.92 Å². The molecule has 0 aromatic rings. The van der Waals surface area contributed by atoms with E-state index in [4.69, 9.17) is 0 Å². The Labute approximate surface area is 114 Å². The molecule has 1 aliphatic rings. The van der Waals surface area contributed by atoms with Crippen LogP contribution in [-0.4, -0.2) is 34.2 Å². The van der Waals surface area contributed by atoms with Crippen molar-refractivity contribution in [3.8, 4) is 0 Å². The lowest BCUT2D eigenvalue weighted by molar-refractivity contribution is -0.0171. The van der Waals surface area contributed by atoms with Gasteiger partial charge in [-0.2, -0.15) is 0 Å². The van der Waals surface area contributed by atoms with Gasteiger partial charge in [-0.3, -0.25) is 4.90 Å². The summed E-state index contributed by atoms with van der Waals surface area (Å²) in [6.07, 6.45) is 6.88. The van der Waals surface area contributed by atoms with Crippen molar-refractivity contribution in [1.82, 2.24) is 4.90 Å². The topological polar surface area (TPSA) is 23.5 Å². The lowest BCUT2D eigenvalue weighted by atomic mass is 9.78. The molecular weight excluding hydrogens is 222 g/mol. The second-order valence-corrected chi connectivity index (χ2v) is 6.95. The van der Waals surface area contributed by atoms with Crippen molar-refractivity contribution in [2.75, 3.05) is 6.54 Å². The Kier molecular flexibility index (Phi) is 6.13. The van der Waals surface area contributed by atoms with Crippen LogP contribution in [0.4, 0.5) is 0 Å². The zero-order chi connectivity index (χ0) is 13.8. The Morgan fingerprint density at radius 2 is 1.78 bits per heavy atom. The SMILES string of the molecule is CCCC1CCC(O)CC1N(CCC)C(C)(C)C. The van der Waals surface area contributed by atoms with E-state index in [1.807, 2.05) is 0 Å². The van der Waals surface area contributed by atoms with Crippen LogP contribution in [0.1, 0.15) is 73.1 Å². The van der Waals surface area contributed by atoms with Crippen LogP contribution in [-0.2, 0) is 0 Å². The number of nitrogens with zero attached hydrogens (tertiary/aromatic N) is 1. The number of aliphatic hydroxyl groups is 1. The van der Waals surface area contributed by atoms with Crippen molar-refractivity contribution in [3.05, 3.63) is 0 Å². The minimum absolute atomic E-state index is 0.0789. The van der Waals surface area contributed by atoms with Gasteiger partial charge in [0.2, 0.25) is 0 Å². The molecule has 1 aliphatic carbocycles. The van der Waals surface area contributed by atoms with E-state index < -0.39 is 0 Å². The van der Waals surface area contributed by atoms with Crippen LogP contribution < -0.4 is 0 Å². The van der Waals surface area contributed by atoms with Crippen LogP contribution in [0.2, 0.25) is 0 Å². The first-order chi connectivity index (χ1) is 8.40. The predicted octanol–water partition coefficient (Wildman–Crippen LogP) is 3.83. The third kappa shape index (κ3) is 4.24. The minimum Gasteiger partial charge on any atom is -0.393 e. The molecule has 1 N–H and O–H groups in total. The Bertz CT molecular complexity index is 234. The first-order valence-corrected chi connectivity index (χ1v) is 7.85. The Hall–Kier alpha value is -0.0800. The average molecular weight is 255 g/mol. The molecule has 0 heterocycles. The molecule has 3 atom stereocenters. The smallest absolute Gasteiger partial charge is 0.0555 e. The van der Waals surface area contributed by atoms with E-state index in [-0.39, 0.29) is 11.6 Å². The number of hydrogen-bond acceptors (Lipinski definition) is 2. The summed E-state index contributed by atoms with van der Waals surface area (Å²) in [7, 11) is 0. The van der Waals surface area contributed by atoms with Gasteiger partial charge in [0.25, 0.3) is 0 Å². The minimum atomic E-state index is -0.0789. The number of aliphatic hydroxyl groups excluding tert-OH is 1. The van der Waals surface area contributed by atoms with E-state index in [0.29, 0.717) is 6.04 Å². The van der Waals surface area contributed by atoms with Gasteiger partial charge in [-0.1, -0.05) is 20.3 Å². The third-order valence-electron chi connectivity index (χ3n) is 4.31. The zero-order valence-corrected chi connectivity index (χ0v) is 13.1. The molecule has 2 nitrogen and oxygen atoms in total. The van der Waals surface area contributed by atoms with Crippen LogP contribution in [0.25, 0.3) is 0 Å². The first kappa shape index (κ1) is 16.0. The van der Waals surface area contributed by atoms with Gasteiger partial charge in [0.1, 0.15) is 0 Å². The summed E-state index contributed by atoms with van der Waals surface area (Å²) in [5, 5.41) is 10.0. The summed E-state index contributed by atoms with van der Waals surface area (Å²) >= 11 is 0. The summed E-state index contributed by atoms with van der Waals surface area (Å²) in [6, 6.07) is 0.577. The Morgan fingerprint density at radius 1 is 1.11 bits per heavy atom. The third-order valence-corrected chi connectivity index (χ3v) is 4.31. The van der Waals surface area contributed by atoms with Gasteiger partial charge in [-0.05, 0) is 65.3 Å². The molecule has 2 heteroatoms. The number of rotatable bonds is 5. The molecule has 0 radical (unpaired) electrons. The molecule has 0 spiro atoms. The highest BCUT2D eigenvalue weighted by Gasteiger charge is 2.37. The quantitative estimate of drug-likeness (QED) is 0.807. The summed E-state index contributed by atoms with van der Waals surface area (Å²) in [5.74, 6) is 0.782. The lowest BCUT2D eigenvalue weighted by Crippen LogP contribution is -2.54. The van der Waals surface area contributed by atoms with Crippen molar-refractivity contribution in [3.63, 3.8) is 0 Å². The fourth-order valence-corrected chi connectivity index (χ4v) is 3.52. The highest BCUT2D eigenvalue weighted by Crippen LogP contribution is 2.35. The summed E-state index contributed by atoms with van der Waals surface area (Å²) in [5.41, 5.74) is 0.212. The highest BCUT2D eigenvalue weighted by atomic mass is 16.3. The highest BCUT2D eigenvalue weighted by molar-refractivity contribution is 4.91. The van der Waals surface area contributed by atoms with Crippen LogP contribution in [0.3, 0.4) is 0 Å². The van der Waals surface area contributed by atoms with Gasteiger partial charge in [-0.15, -0.1) is 0 Å². The lowest BCUT2D eigenvalue weighted by Gasteiger charge is -2.48. The molecule has 1 fully saturated rings. The summed E-state index contributed by atoms with van der Waals surface area (Å²) in [4.78, 5) is 2.65. The second-order valence-electron chi connectivity index (χ2n) is 6.95. The van der Waals surface area contributed by atoms with E-state index in [1.54, 1.807) is 0 Å². The van der Waals surface area contributed by atoms with Crippen molar-refractivity contribution < 1.29 is 5.11 Å². The normalized spacial score (nSPS) is 29.8. The van der Waals surface area contributed by atoms with Gasteiger partial charge in [0.15, 0.2) is 0 Å². The van der Waals surface area contributed by atoms with Crippen LogP contribution >= 0.6 is 0 Å². The molecule has 108 valence electrons. The molecule has 0 saturated heterocycles. The second kappa shape index (κ2) is 6.91. The molecule has 18 heavy (non-hydrogen) atoms. The molecule has 0 aromatic heterocycles. The largest absolute Gasteiger partial charge is 0.393 e. The van der Waals surface area contributed by atoms with Gasteiger partial charge in [-0.25, -0.2) is 0 Å². The van der Waals surface area contributed by atoms with Crippen molar-refractivity contribution in [2.45, 2.75) is 90.8 Å². The Balaban J connectivity index is 2.82. The molecule has 0 aliphatic heterocycles. The van der Waals surface area contributed by atoms with Gasteiger partial charge >= 0.3 is 0 Å². The van der Waals surface area contributed by atoms with Crippen LogP contribution in [0.15, 0.2) is 0 Å². The van der Waals surface area contributed by atoms with E-state index in [0.717, 1.165) is 25.3 Å². The number of hydrogen-bond donors (Lipinski definition) is 1. The fraction of sp³-hybridized carbons (Fsp3) is 1.00. The van der Waals surface area contributed by atoms with Gasteiger partial charge in [0, 0.05) is 11.6 Å². The maximum Gasteiger partial charge on any atom is 0.0555 e. The maximum absolute atomic E-state index is 10.0. The van der Waals surface area contributed by atoms with E-state index >= 15 is 0 Å². The summed E-state index contributed by atoms with van der Waals surface area (Å²) in [6.45, 7) is 12.6. The fourth-order valence-electron chi connectivity index (χ4n) is 3.52. The zero-order valence-electron chi connectivity index (χ0n) is 13.1. The predicted molar refractivity (Wildman–Crippen MR) is 78.8 cm³/mol. The van der Waals surface area contributed by atoms with Crippen molar-refractivity contribution in [1.29, 1.82) is 0 Å². The molecule has 0 aromatic carbocycles.